The normalized spacial score (nSPS) is 12.0. The van der Waals surface area contributed by atoms with Crippen LogP contribution in [0.2, 0.25) is 0 Å². The fraction of sp³-hybridized carbons (Fsp3) is 1.00. The summed E-state index contributed by atoms with van der Waals surface area (Å²) in [5.41, 5.74) is 5.85. The Bertz CT molecular complexity index is 94.5. The second kappa shape index (κ2) is 6.44. The molecule has 0 radical (unpaired) electrons. The lowest BCUT2D eigenvalue weighted by Gasteiger charge is -2.17. The summed E-state index contributed by atoms with van der Waals surface area (Å²) in [6, 6.07) is 0. The highest BCUT2D eigenvalue weighted by Gasteiger charge is 2.08. The third-order valence-electron chi connectivity index (χ3n) is 1.84. The van der Waals surface area contributed by atoms with Gasteiger partial charge in [-0.05, 0) is 44.3 Å². The molecule has 0 aliphatic heterocycles. The SMILES string of the molecule is CC(C)(C)CCCNCCCN. The molecule has 0 atom stereocenters. The van der Waals surface area contributed by atoms with Crippen molar-refractivity contribution in [3.8, 4) is 0 Å². The molecule has 0 heterocycles. The van der Waals surface area contributed by atoms with E-state index >= 15 is 0 Å². The van der Waals surface area contributed by atoms with Crippen molar-refractivity contribution in [2.24, 2.45) is 11.1 Å². The fourth-order valence-corrected chi connectivity index (χ4v) is 1.10. The molecule has 0 bridgehead atoms. The summed E-state index contributed by atoms with van der Waals surface area (Å²) < 4.78 is 0. The Morgan fingerprint density at radius 1 is 1.08 bits per heavy atom. The van der Waals surface area contributed by atoms with Gasteiger partial charge in [0.2, 0.25) is 0 Å². The van der Waals surface area contributed by atoms with E-state index < -0.39 is 0 Å². The van der Waals surface area contributed by atoms with Crippen LogP contribution in [0.15, 0.2) is 0 Å². The molecule has 0 saturated heterocycles. The zero-order chi connectivity index (χ0) is 9.45. The monoisotopic (exact) mass is 172 g/mol. The quantitative estimate of drug-likeness (QED) is 0.599. The van der Waals surface area contributed by atoms with Gasteiger partial charge < -0.3 is 11.1 Å². The average Bonchev–Trinajstić information content (AvgIpc) is 1.94. The van der Waals surface area contributed by atoms with Crippen molar-refractivity contribution in [3.05, 3.63) is 0 Å². The van der Waals surface area contributed by atoms with Crippen molar-refractivity contribution in [2.45, 2.75) is 40.0 Å². The first-order valence-electron chi connectivity index (χ1n) is 4.97. The molecule has 3 N–H and O–H groups in total. The minimum Gasteiger partial charge on any atom is -0.330 e. The predicted octanol–water partition coefficient (Wildman–Crippen LogP) is 1.75. The molecule has 0 aliphatic rings. The van der Waals surface area contributed by atoms with Gasteiger partial charge in [-0.25, -0.2) is 0 Å². The first-order valence-corrected chi connectivity index (χ1v) is 4.97. The van der Waals surface area contributed by atoms with Gasteiger partial charge >= 0.3 is 0 Å². The predicted molar refractivity (Wildman–Crippen MR) is 55.2 cm³/mol. The van der Waals surface area contributed by atoms with Crippen LogP contribution in [0.25, 0.3) is 0 Å². The Morgan fingerprint density at radius 3 is 2.17 bits per heavy atom. The fourth-order valence-electron chi connectivity index (χ4n) is 1.10. The summed E-state index contributed by atoms with van der Waals surface area (Å²) in [6.07, 6.45) is 3.66. The number of hydrogen-bond donors (Lipinski definition) is 2. The van der Waals surface area contributed by atoms with Crippen molar-refractivity contribution in [1.29, 1.82) is 0 Å². The third kappa shape index (κ3) is 9.92. The maximum atomic E-state index is 5.37. The van der Waals surface area contributed by atoms with Gasteiger partial charge in [0.15, 0.2) is 0 Å². The minimum atomic E-state index is 0.482. The Labute approximate surface area is 76.9 Å². The van der Waals surface area contributed by atoms with E-state index in [0.717, 1.165) is 26.1 Å². The molecule has 0 amide bonds. The van der Waals surface area contributed by atoms with Crippen LogP contribution in [-0.2, 0) is 0 Å². The van der Waals surface area contributed by atoms with Gasteiger partial charge in [0.25, 0.3) is 0 Å². The Balaban J connectivity index is 3.01. The second-order valence-electron chi connectivity index (χ2n) is 4.56. The maximum Gasteiger partial charge on any atom is -0.00369 e. The summed E-state index contributed by atoms with van der Waals surface area (Å²) in [7, 11) is 0. The van der Waals surface area contributed by atoms with Gasteiger partial charge in [-0.15, -0.1) is 0 Å². The standard InChI is InChI=1S/C10H24N2/c1-10(2,3)6-4-8-12-9-5-7-11/h12H,4-9,11H2,1-3H3. The van der Waals surface area contributed by atoms with Gasteiger partial charge in [-0.2, -0.15) is 0 Å². The lowest BCUT2D eigenvalue weighted by Crippen LogP contribution is -2.20. The molecule has 0 spiro atoms. The van der Waals surface area contributed by atoms with Gasteiger partial charge in [0.1, 0.15) is 0 Å². The molecule has 0 aromatic rings. The molecule has 0 aliphatic carbocycles. The molecule has 2 heteroatoms. The van der Waals surface area contributed by atoms with E-state index in [4.69, 9.17) is 5.73 Å². The van der Waals surface area contributed by atoms with Crippen molar-refractivity contribution < 1.29 is 0 Å². The lowest BCUT2D eigenvalue weighted by atomic mass is 9.91. The Hall–Kier alpha value is -0.0800. The van der Waals surface area contributed by atoms with Crippen LogP contribution >= 0.6 is 0 Å². The molecule has 0 fully saturated rings. The van der Waals surface area contributed by atoms with Crippen LogP contribution in [0.5, 0.6) is 0 Å². The zero-order valence-corrected chi connectivity index (χ0v) is 8.82. The van der Waals surface area contributed by atoms with Crippen LogP contribution < -0.4 is 11.1 Å². The number of hydrogen-bond acceptors (Lipinski definition) is 2. The molecule has 0 aromatic heterocycles. The molecule has 0 rings (SSSR count). The molecular weight excluding hydrogens is 148 g/mol. The van der Waals surface area contributed by atoms with E-state index in [1.165, 1.54) is 12.8 Å². The van der Waals surface area contributed by atoms with Crippen LogP contribution in [0.4, 0.5) is 0 Å². The smallest absolute Gasteiger partial charge is 0.00369 e. The summed E-state index contributed by atoms with van der Waals surface area (Å²) in [5, 5.41) is 3.38. The average molecular weight is 172 g/mol. The first kappa shape index (κ1) is 11.9. The van der Waals surface area contributed by atoms with Gasteiger partial charge in [0, 0.05) is 0 Å². The molecule has 74 valence electrons. The highest BCUT2D eigenvalue weighted by Crippen LogP contribution is 2.19. The summed E-state index contributed by atoms with van der Waals surface area (Å²) in [4.78, 5) is 0. The highest BCUT2D eigenvalue weighted by molar-refractivity contribution is 4.62. The molecule has 0 unspecified atom stereocenters. The van der Waals surface area contributed by atoms with E-state index in [1.807, 2.05) is 0 Å². The first-order chi connectivity index (χ1) is 5.56. The number of nitrogens with one attached hydrogen (secondary N) is 1. The molecule has 0 saturated carbocycles. The largest absolute Gasteiger partial charge is 0.330 e. The third-order valence-corrected chi connectivity index (χ3v) is 1.84. The van der Waals surface area contributed by atoms with Crippen molar-refractivity contribution >= 4 is 0 Å². The molecule has 2 nitrogen and oxygen atoms in total. The van der Waals surface area contributed by atoms with Crippen LogP contribution in [0.3, 0.4) is 0 Å². The topological polar surface area (TPSA) is 38.0 Å². The highest BCUT2D eigenvalue weighted by atomic mass is 14.8. The zero-order valence-electron chi connectivity index (χ0n) is 8.82. The van der Waals surface area contributed by atoms with Crippen LogP contribution in [0, 0.1) is 5.41 Å². The number of rotatable bonds is 6. The summed E-state index contributed by atoms with van der Waals surface area (Å²) >= 11 is 0. The maximum absolute atomic E-state index is 5.37. The lowest BCUT2D eigenvalue weighted by molar-refractivity contribution is 0.361. The van der Waals surface area contributed by atoms with Crippen LogP contribution in [-0.4, -0.2) is 19.6 Å². The minimum absolute atomic E-state index is 0.482. The van der Waals surface area contributed by atoms with E-state index in [1.54, 1.807) is 0 Å². The summed E-state index contributed by atoms with van der Waals surface area (Å²) in [6.45, 7) is 9.86. The van der Waals surface area contributed by atoms with Gasteiger partial charge in [0.05, 0.1) is 0 Å². The van der Waals surface area contributed by atoms with E-state index in [0.29, 0.717) is 5.41 Å². The van der Waals surface area contributed by atoms with E-state index in [9.17, 15) is 0 Å². The Kier molecular flexibility index (Phi) is 6.39. The molecular formula is C10H24N2. The van der Waals surface area contributed by atoms with Gasteiger partial charge in [-0.1, -0.05) is 20.8 Å². The van der Waals surface area contributed by atoms with E-state index in [2.05, 4.69) is 26.1 Å². The van der Waals surface area contributed by atoms with Gasteiger partial charge in [-0.3, -0.25) is 0 Å². The van der Waals surface area contributed by atoms with Crippen molar-refractivity contribution in [2.75, 3.05) is 19.6 Å². The molecule has 0 aromatic carbocycles. The number of nitrogens with two attached hydrogens (primary N) is 1. The van der Waals surface area contributed by atoms with Crippen molar-refractivity contribution in [3.63, 3.8) is 0 Å². The second-order valence-corrected chi connectivity index (χ2v) is 4.56. The van der Waals surface area contributed by atoms with Crippen LogP contribution in [0.1, 0.15) is 40.0 Å². The molecule has 12 heavy (non-hydrogen) atoms. The summed E-state index contributed by atoms with van der Waals surface area (Å²) in [5.74, 6) is 0. The van der Waals surface area contributed by atoms with E-state index in [-0.39, 0.29) is 0 Å². The van der Waals surface area contributed by atoms with Crippen molar-refractivity contribution in [1.82, 2.24) is 5.32 Å². The Morgan fingerprint density at radius 2 is 1.67 bits per heavy atom.